The maximum absolute atomic E-state index is 11.5. The van der Waals surface area contributed by atoms with E-state index >= 15 is 0 Å². The largest absolute Gasteiger partial charge is 1.00 e. The summed E-state index contributed by atoms with van der Waals surface area (Å²) in [5, 5.41) is 9.16. The van der Waals surface area contributed by atoms with Gasteiger partial charge in [0.15, 0.2) is 0 Å². The van der Waals surface area contributed by atoms with Crippen LogP contribution in [0.15, 0.2) is 0 Å². The summed E-state index contributed by atoms with van der Waals surface area (Å²) in [6.07, 6.45) is 15.0. The Morgan fingerprint density at radius 1 is 0.731 bits per heavy atom. The molecule has 2 atom stereocenters. The first kappa shape index (κ1) is 29.1. The molecule has 6 heteroatoms. The molecule has 0 spiro atoms. The maximum Gasteiger partial charge on any atom is 1.00 e. The van der Waals surface area contributed by atoms with E-state index in [1.54, 1.807) is 0 Å². The molecule has 0 rings (SSSR count). The summed E-state index contributed by atoms with van der Waals surface area (Å²) < 4.78 is 34.4. The van der Waals surface area contributed by atoms with Crippen molar-refractivity contribution in [2.75, 3.05) is 0 Å². The topological polar surface area (TPSA) is 77.4 Å². The van der Waals surface area contributed by atoms with Gasteiger partial charge in [-0.1, -0.05) is 97.3 Å². The molecule has 4 nitrogen and oxygen atoms in total. The van der Waals surface area contributed by atoms with Crippen molar-refractivity contribution in [3.05, 3.63) is 0 Å². The predicted molar refractivity (Wildman–Crippen MR) is 105 cm³/mol. The standard InChI is InChI=1S/C20H42O4S.Na/c1-3-5-7-9-11-13-15-17-20(25(22,23)24)18-19(21)16-14-12-10-8-6-4-2;/h19-21H,3-18H2,1-2H3,(H,22,23,24);/q;+1/p-1. The van der Waals surface area contributed by atoms with Crippen LogP contribution < -0.4 is 29.6 Å². The summed E-state index contributed by atoms with van der Waals surface area (Å²) in [7, 11) is -4.31. The van der Waals surface area contributed by atoms with Gasteiger partial charge in [-0.3, -0.25) is 0 Å². The van der Waals surface area contributed by atoms with Gasteiger partial charge in [-0.05, 0) is 19.3 Å². The Hall–Kier alpha value is 0.870. The van der Waals surface area contributed by atoms with Gasteiger partial charge in [0.25, 0.3) is 0 Å². The van der Waals surface area contributed by atoms with Crippen LogP contribution in [0.5, 0.6) is 0 Å². The quantitative estimate of drug-likeness (QED) is 0.218. The Labute approximate surface area is 185 Å². The molecule has 2 unspecified atom stereocenters. The fourth-order valence-electron chi connectivity index (χ4n) is 3.29. The van der Waals surface area contributed by atoms with Crippen LogP contribution in [-0.4, -0.2) is 29.4 Å². The van der Waals surface area contributed by atoms with Crippen LogP contribution in [0.25, 0.3) is 0 Å². The molecular weight excluding hydrogens is 359 g/mol. The van der Waals surface area contributed by atoms with Gasteiger partial charge >= 0.3 is 29.6 Å². The van der Waals surface area contributed by atoms with Gasteiger partial charge in [-0.15, -0.1) is 0 Å². The summed E-state index contributed by atoms with van der Waals surface area (Å²) in [5.41, 5.74) is 0. The third-order valence-corrected chi connectivity index (χ3v) is 6.21. The van der Waals surface area contributed by atoms with Crippen LogP contribution >= 0.6 is 0 Å². The first-order valence-electron chi connectivity index (χ1n) is 10.5. The van der Waals surface area contributed by atoms with Crippen LogP contribution in [0, 0.1) is 0 Å². The van der Waals surface area contributed by atoms with Gasteiger partial charge < -0.3 is 9.66 Å². The minimum atomic E-state index is -4.31. The van der Waals surface area contributed by atoms with Crippen LogP contribution in [-0.2, 0) is 10.1 Å². The first-order chi connectivity index (χ1) is 11.9. The van der Waals surface area contributed by atoms with E-state index in [1.165, 1.54) is 51.4 Å². The Kier molecular flexibility index (Phi) is 21.5. The van der Waals surface area contributed by atoms with E-state index in [1.807, 2.05) is 0 Å². The summed E-state index contributed by atoms with van der Waals surface area (Å²) in [4.78, 5) is 0. The molecule has 0 aliphatic rings. The monoisotopic (exact) mass is 400 g/mol. The van der Waals surface area contributed by atoms with Crippen molar-refractivity contribution in [3.63, 3.8) is 0 Å². The van der Waals surface area contributed by atoms with E-state index in [-0.39, 0.29) is 36.0 Å². The summed E-state index contributed by atoms with van der Waals surface area (Å²) in [6, 6.07) is 0. The molecule has 0 aromatic carbocycles. The van der Waals surface area contributed by atoms with Crippen molar-refractivity contribution in [1.82, 2.24) is 0 Å². The molecule has 1 N–H and O–H groups in total. The SMILES string of the molecule is CCCCCCCCCC(CC(O)CCCCCCCC)S(=O)(=O)[O-].[Na+]. The number of aliphatic hydroxyl groups is 1. The smallest absolute Gasteiger partial charge is 0.748 e. The summed E-state index contributed by atoms with van der Waals surface area (Å²) in [6.45, 7) is 4.36. The van der Waals surface area contributed by atoms with Crippen LogP contribution in [0.4, 0.5) is 0 Å². The molecule has 152 valence electrons. The molecule has 0 aromatic rings. The van der Waals surface area contributed by atoms with E-state index in [0.717, 1.165) is 32.1 Å². The third kappa shape index (κ3) is 18.2. The van der Waals surface area contributed by atoms with E-state index in [4.69, 9.17) is 0 Å². The van der Waals surface area contributed by atoms with Gasteiger partial charge in [0.05, 0.1) is 21.5 Å². The third-order valence-electron chi connectivity index (χ3n) is 4.96. The van der Waals surface area contributed by atoms with E-state index in [9.17, 15) is 18.1 Å². The number of hydrogen-bond acceptors (Lipinski definition) is 4. The molecular formula is C20H41NaO4S. The number of rotatable bonds is 18. The Bertz CT molecular complexity index is 387. The zero-order valence-corrected chi connectivity index (χ0v) is 20.4. The molecule has 26 heavy (non-hydrogen) atoms. The fourth-order valence-corrected chi connectivity index (χ4v) is 4.20. The van der Waals surface area contributed by atoms with Crippen molar-refractivity contribution in [3.8, 4) is 0 Å². The Balaban J connectivity index is 0. The Morgan fingerprint density at radius 2 is 1.12 bits per heavy atom. The molecule has 0 heterocycles. The zero-order chi connectivity index (χ0) is 19.0. The molecule has 0 saturated heterocycles. The minimum absolute atomic E-state index is 0. The van der Waals surface area contributed by atoms with E-state index in [0.29, 0.717) is 12.8 Å². The zero-order valence-electron chi connectivity index (χ0n) is 17.5. The molecule has 0 aliphatic carbocycles. The molecule has 0 saturated carbocycles. The Morgan fingerprint density at radius 3 is 1.54 bits per heavy atom. The van der Waals surface area contributed by atoms with Gasteiger partial charge in [-0.25, -0.2) is 8.42 Å². The summed E-state index contributed by atoms with van der Waals surface area (Å²) >= 11 is 0. The van der Waals surface area contributed by atoms with Gasteiger partial charge in [0.2, 0.25) is 0 Å². The fraction of sp³-hybridized carbons (Fsp3) is 1.00. The second-order valence-electron chi connectivity index (χ2n) is 7.47. The molecule has 0 aliphatic heterocycles. The average molecular weight is 401 g/mol. The first-order valence-corrected chi connectivity index (χ1v) is 12.0. The van der Waals surface area contributed by atoms with Crippen LogP contribution in [0.2, 0.25) is 0 Å². The molecule has 0 amide bonds. The molecule has 0 bridgehead atoms. The van der Waals surface area contributed by atoms with Crippen molar-refractivity contribution in [1.29, 1.82) is 0 Å². The van der Waals surface area contributed by atoms with Crippen molar-refractivity contribution in [2.24, 2.45) is 0 Å². The van der Waals surface area contributed by atoms with Gasteiger partial charge in [-0.2, -0.15) is 0 Å². The molecule has 0 aromatic heterocycles. The van der Waals surface area contributed by atoms with E-state index < -0.39 is 21.5 Å². The minimum Gasteiger partial charge on any atom is -0.748 e. The van der Waals surface area contributed by atoms with Gasteiger partial charge in [0, 0.05) is 0 Å². The maximum atomic E-state index is 11.5. The summed E-state index contributed by atoms with van der Waals surface area (Å²) in [5.74, 6) is 0. The number of aliphatic hydroxyl groups excluding tert-OH is 1. The average Bonchev–Trinajstić information content (AvgIpc) is 2.55. The van der Waals surface area contributed by atoms with Crippen LogP contribution in [0.1, 0.15) is 117 Å². The normalized spacial score (nSPS) is 14.0. The number of hydrogen-bond donors (Lipinski definition) is 1. The van der Waals surface area contributed by atoms with E-state index in [2.05, 4.69) is 13.8 Å². The van der Waals surface area contributed by atoms with Gasteiger partial charge in [0.1, 0.15) is 0 Å². The van der Waals surface area contributed by atoms with Crippen LogP contribution in [0.3, 0.4) is 0 Å². The molecule has 0 radical (unpaired) electrons. The number of unbranched alkanes of at least 4 members (excludes halogenated alkanes) is 11. The van der Waals surface area contributed by atoms with Crippen molar-refractivity contribution < 1.29 is 47.6 Å². The molecule has 0 fully saturated rings. The predicted octanol–water partition coefficient (Wildman–Crippen LogP) is 2.55. The second-order valence-corrected chi connectivity index (χ2v) is 9.12. The second kappa shape index (κ2) is 19.2. The van der Waals surface area contributed by atoms with Crippen molar-refractivity contribution in [2.45, 2.75) is 128 Å². The van der Waals surface area contributed by atoms with Crippen molar-refractivity contribution >= 4 is 10.1 Å².